The van der Waals surface area contributed by atoms with Crippen molar-refractivity contribution in [2.24, 2.45) is 12.5 Å². The number of hydrogen-bond acceptors (Lipinski definition) is 2. The second kappa shape index (κ2) is 7.36. The predicted molar refractivity (Wildman–Crippen MR) is 152 cm³/mol. The molecule has 0 saturated carbocycles. The van der Waals surface area contributed by atoms with E-state index in [2.05, 4.69) is 107 Å². The van der Waals surface area contributed by atoms with Gasteiger partial charge in [-0.15, -0.1) is 0 Å². The molecular formula is C33H30NOS+. The van der Waals surface area contributed by atoms with E-state index in [9.17, 15) is 0 Å². The van der Waals surface area contributed by atoms with Crippen LogP contribution >= 0.6 is 11.8 Å². The van der Waals surface area contributed by atoms with Gasteiger partial charge >= 0.3 is 0 Å². The highest BCUT2D eigenvalue weighted by Gasteiger charge is 2.35. The van der Waals surface area contributed by atoms with Crippen LogP contribution in [0.2, 0.25) is 0 Å². The zero-order valence-corrected chi connectivity index (χ0v) is 22.6. The summed E-state index contributed by atoms with van der Waals surface area (Å²) in [5.74, 6) is 0. The minimum Gasteiger partial charge on any atom is -0.455 e. The van der Waals surface area contributed by atoms with Gasteiger partial charge in [-0.25, -0.2) is 4.57 Å². The van der Waals surface area contributed by atoms with Gasteiger partial charge in [0.1, 0.15) is 18.2 Å². The molecule has 1 aliphatic heterocycles. The van der Waals surface area contributed by atoms with Crippen molar-refractivity contribution in [3.05, 3.63) is 77.5 Å². The van der Waals surface area contributed by atoms with E-state index in [1.165, 1.54) is 70.1 Å². The van der Waals surface area contributed by atoms with E-state index >= 15 is 0 Å². The molecule has 4 aromatic carbocycles. The molecule has 0 fully saturated rings. The summed E-state index contributed by atoms with van der Waals surface area (Å²) in [6.45, 7) is 11.6. The Morgan fingerprint density at radius 1 is 0.778 bits per heavy atom. The molecule has 7 rings (SSSR count). The molecule has 0 bridgehead atoms. The van der Waals surface area contributed by atoms with E-state index in [-0.39, 0.29) is 5.41 Å². The Bertz CT molecular complexity index is 1900. The lowest BCUT2D eigenvalue weighted by molar-refractivity contribution is -0.659. The second-order valence-electron chi connectivity index (χ2n) is 11.5. The molecule has 3 heteroatoms. The van der Waals surface area contributed by atoms with Crippen LogP contribution in [0.1, 0.15) is 37.5 Å². The number of benzene rings is 4. The molecule has 3 heterocycles. The summed E-state index contributed by atoms with van der Waals surface area (Å²) >= 11 is 1.98. The average Bonchev–Trinajstić information content (AvgIpc) is 3.24. The standard InChI is InChI=1S/C33H30NOS/c1-18-20-11-7-8-12-21(20)24(17-33(3,4)5)32-27(18)29-28-23(15-16-34(29)6)30-26(19(2)31(28)36-32)22-13-9-10-14-25(22)35-30/h7-16H,17H2,1-6H3/q+1. The van der Waals surface area contributed by atoms with Crippen molar-refractivity contribution in [2.45, 2.75) is 50.8 Å². The maximum absolute atomic E-state index is 6.52. The number of hydrogen-bond donors (Lipinski definition) is 0. The van der Waals surface area contributed by atoms with E-state index in [1.807, 2.05) is 11.8 Å². The van der Waals surface area contributed by atoms with Crippen LogP contribution in [0.25, 0.3) is 54.7 Å². The third-order valence-electron chi connectivity index (χ3n) is 7.79. The first-order chi connectivity index (χ1) is 17.2. The highest BCUT2D eigenvalue weighted by atomic mass is 32.2. The van der Waals surface area contributed by atoms with Gasteiger partial charge in [-0.3, -0.25) is 0 Å². The Kier molecular flexibility index (Phi) is 4.49. The van der Waals surface area contributed by atoms with Crippen LogP contribution in [0.4, 0.5) is 0 Å². The lowest BCUT2D eigenvalue weighted by Gasteiger charge is -2.28. The van der Waals surface area contributed by atoms with Gasteiger partial charge in [-0.1, -0.05) is 75.0 Å². The number of pyridine rings is 1. The topological polar surface area (TPSA) is 17.0 Å². The lowest BCUT2D eigenvalue weighted by Crippen LogP contribution is -2.32. The summed E-state index contributed by atoms with van der Waals surface area (Å²) in [5, 5.41) is 7.73. The van der Waals surface area contributed by atoms with Gasteiger partial charge in [0.05, 0.1) is 10.9 Å². The maximum Gasteiger partial charge on any atom is 0.222 e. The third kappa shape index (κ3) is 2.90. The van der Waals surface area contributed by atoms with E-state index in [0.717, 1.165) is 17.6 Å². The molecule has 2 aromatic heterocycles. The Balaban J connectivity index is 1.71. The SMILES string of the molecule is Cc1c2c(c(CC(C)(C)C)c3ccccc13)Sc1c(C)c3c4ccccc4oc3c3cc[n+](C)c-2c13. The smallest absolute Gasteiger partial charge is 0.222 e. The fourth-order valence-corrected chi connectivity index (χ4v) is 7.69. The molecule has 6 aromatic rings. The number of para-hydroxylation sites is 1. The molecule has 0 amide bonds. The summed E-state index contributed by atoms with van der Waals surface area (Å²) in [6.07, 6.45) is 3.25. The molecule has 0 atom stereocenters. The molecule has 0 aliphatic carbocycles. The molecule has 0 saturated heterocycles. The molecule has 0 unspecified atom stereocenters. The van der Waals surface area contributed by atoms with Crippen LogP contribution in [0.5, 0.6) is 0 Å². The molecule has 0 spiro atoms. The van der Waals surface area contributed by atoms with Crippen molar-refractivity contribution >= 4 is 55.2 Å². The number of rotatable bonds is 1. The normalized spacial score (nSPS) is 13.3. The maximum atomic E-state index is 6.52. The lowest BCUT2D eigenvalue weighted by atomic mass is 9.83. The zero-order valence-electron chi connectivity index (χ0n) is 21.7. The van der Waals surface area contributed by atoms with Crippen molar-refractivity contribution in [3.8, 4) is 11.3 Å². The molecule has 36 heavy (non-hydrogen) atoms. The monoisotopic (exact) mass is 488 g/mol. The number of aryl methyl sites for hydroxylation is 3. The van der Waals surface area contributed by atoms with Crippen LogP contribution in [0.3, 0.4) is 0 Å². The molecule has 0 N–H and O–H groups in total. The largest absolute Gasteiger partial charge is 0.455 e. The van der Waals surface area contributed by atoms with E-state index in [0.29, 0.717) is 0 Å². The van der Waals surface area contributed by atoms with Gasteiger partial charge in [0.2, 0.25) is 5.69 Å². The van der Waals surface area contributed by atoms with Gasteiger partial charge < -0.3 is 4.42 Å². The van der Waals surface area contributed by atoms with Crippen LogP contribution in [0, 0.1) is 19.3 Å². The van der Waals surface area contributed by atoms with Gasteiger partial charge in [0.15, 0.2) is 6.20 Å². The fourth-order valence-electron chi connectivity index (χ4n) is 6.26. The summed E-state index contributed by atoms with van der Waals surface area (Å²) in [7, 11) is 2.19. The molecule has 0 radical (unpaired) electrons. The molecule has 1 aliphatic rings. The van der Waals surface area contributed by atoms with E-state index in [1.54, 1.807) is 0 Å². The fraction of sp³-hybridized carbons (Fsp3) is 0.242. The van der Waals surface area contributed by atoms with Crippen LogP contribution in [-0.2, 0) is 13.5 Å². The Hall–Kier alpha value is -3.30. The van der Waals surface area contributed by atoms with Crippen LogP contribution in [-0.4, -0.2) is 0 Å². The van der Waals surface area contributed by atoms with Crippen LogP contribution < -0.4 is 4.57 Å². The zero-order chi connectivity index (χ0) is 24.9. The van der Waals surface area contributed by atoms with E-state index < -0.39 is 0 Å². The first kappa shape index (κ1) is 21.9. The quantitative estimate of drug-likeness (QED) is 0.214. The number of furan rings is 1. The summed E-state index contributed by atoms with van der Waals surface area (Å²) in [4.78, 5) is 2.79. The van der Waals surface area contributed by atoms with Crippen molar-refractivity contribution in [2.75, 3.05) is 0 Å². The van der Waals surface area contributed by atoms with Gasteiger partial charge in [-0.05, 0) is 59.2 Å². The predicted octanol–water partition coefficient (Wildman–Crippen LogP) is 9.05. The average molecular weight is 489 g/mol. The Labute approximate surface area is 215 Å². The Morgan fingerprint density at radius 3 is 2.22 bits per heavy atom. The van der Waals surface area contributed by atoms with Crippen LogP contribution in [0.15, 0.2) is 75.0 Å². The van der Waals surface area contributed by atoms with Crippen molar-refractivity contribution in [1.82, 2.24) is 0 Å². The highest BCUT2D eigenvalue weighted by molar-refractivity contribution is 8.00. The van der Waals surface area contributed by atoms with E-state index in [4.69, 9.17) is 4.42 Å². The molecular weight excluding hydrogens is 458 g/mol. The highest BCUT2D eigenvalue weighted by Crippen LogP contribution is 2.55. The minimum absolute atomic E-state index is 0.181. The summed E-state index contributed by atoms with van der Waals surface area (Å²) in [6, 6.07) is 19.7. The third-order valence-corrected chi connectivity index (χ3v) is 9.16. The minimum atomic E-state index is 0.181. The first-order valence-corrected chi connectivity index (χ1v) is 13.5. The summed E-state index contributed by atoms with van der Waals surface area (Å²) in [5.41, 5.74) is 8.99. The number of aromatic nitrogens is 1. The van der Waals surface area contributed by atoms with Crippen molar-refractivity contribution < 1.29 is 8.98 Å². The first-order valence-electron chi connectivity index (χ1n) is 12.7. The van der Waals surface area contributed by atoms with Gasteiger partial charge in [-0.2, -0.15) is 0 Å². The Morgan fingerprint density at radius 2 is 1.47 bits per heavy atom. The number of nitrogens with zero attached hydrogens (tertiary/aromatic N) is 1. The summed E-state index contributed by atoms with van der Waals surface area (Å²) < 4.78 is 8.84. The van der Waals surface area contributed by atoms with Crippen molar-refractivity contribution in [3.63, 3.8) is 0 Å². The molecule has 178 valence electrons. The second-order valence-corrected chi connectivity index (χ2v) is 12.5. The van der Waals surface area contributed by atoms with Crippen molar-refractivity contribution in [1.29, 1.82) is 0 Å². The molecule has 2 nitrogen and oxygen atoms in total. The van der Waals surface area contributed by atoms with Gasteiger partial charge in [0, 0.05) is 32.0 Å². The number of fused-ring (bicyclic) bond motifs is 7. The van der Waals surface area contributed by atoms with Gasteiger partial charge in [0.25, 0.3) is 0 Å².